The fourth-order valence-corrected chi connectivity index (χ4v) is 2.30. The molecule has 2 aromatic carbocycles. The van der Waals surface area contributed by atoms with Gasteiger partial charge in [-0.05, 0) is 42.7 Å². The lowest BCUT2D eigenvalue weighted by molar-refractivity contribution is 0.0706. The maximum atomic E-state index is 12.0. The van der Waals surface area contributed by atoms with Crippen LogP contribution in [0.15, 0.2) is 48.5 Å². The largest absolute Gasteiger partial charge is 0.334 e. The molecule has 2 rings (SSSR count). The monoisotopic (exact) mass is 327 g/mol. The van der Waals surface area contributed by atoms with E-state index >= 15 is 0 Å². The van der Waals surface area contributed by atoms with E-state index in [1.807, 2.05) is 38.1 Å². The molecule has 4 N–H and O–H groups in total. The van der Waals surface area contributed by atoms with Crippen molar-refractivity contribution in [2.45, 2.75) is 26.4 Å². The zero-order chi connectivity index (χ0) is 17.5. The summed E-state index contributed by atoms with van der Waals surface area (Å²) in [5.41, 5.74) is 4.98. The van der Waals surface area contributed by atoms with Crippen molar-refractivity contribution < 1.29 is 14.8 Å². The first-order valence-corrected chi connectivity index (χ1v) is 7.64. The number of aryl methyl sites for hydroxylation is 1. The minimum atomic E-state index is -0.571. The number of hydrogen-bond donors (Lipinski definition) is 4. The fraction of sp³-hybridized carbons (Fsp3) is 0.222. The summed E-state index contributed by atoms with van der Waals surface area (Å²) in [7, 11) is 0. The zero-order valence-corrected chi connectivity index (χ0v) is 13.7. The Labute approximate surface area is 140 Å². The van der Waals surface area contributed by atoms with Gasteiger partial charge in [0.25, 0.3) is 5.91 Å². The van der Waals surface area contributed by atoms with E-state index in [9.17, 15) is 9.59 Å². The third kappa shape index (κ3) is 4.57. The van der Waals surface area contributed by atoms with E-state index < -0.39 is 5.91 Å². The van der Waals surface area contributed by atoms with Crippen LogP contribution in [0.1, 0.15) is 40.0 Å². The molecule has 2 aromatic rings. The molecule has 0 heterocycles. The molecule has 0 aliphatic heterocycles. The highest BCUT2D eigenvalue weighted by Gasteiger charge is 2.11. The van der Waals surface area contributed by atoms with Gasteiger partial charge >= 0.3 is 6.03 Å². The Balaban J connectivity index is 1.89. The van der Waals surface area contributed by atoms with Gasteiger partial charge in [0.05, 0.1) is 6.04 Å². The molecule has 0 saturated heterocycles. The number of nitrogens with one attached hydrogen (secondary N) is 3. The molecule has 1 atom stereocenters. The molecule has 0 spiro atoms. The number of amides is 3. The van der Waals surface area contributed by atoms with E-state index in [2.05, 4.69) is 10.6 Å². The third-order valence-electron chi connectivity index (χ3n) is 3.82. The molecule has 0 saturated carbocycles. The van der Waals surface area contributed by atoms with Crippen LogP contribution in [0.3, 0.4) is 0 Å². The van der Waals surface area contributed by atoms with Gasteiger partial charge in [-0.25, -0.2) is 10.3 Å². The van der Waals surface area contributed by atoms with Crippen molar-refractivity contribution in [1.82, 2.24) is 16.1 Å². The molecular formula is C18H21N3O3. The van der Waals surface area contributed by atoms with Crippen molar-refractivity contribution >= 4 is 11.9 Å². The maximum absolute atomic E-state index is 12.0. The van der Waals surface area contributed by atoms with Crippen LogP contribution in [0.5, 0.6) is 0 Å². The molecule has 6 heteroatoms. The fourth-order valence-electron chi connectivity index (χ4n) is 2.30. The molecule has 0 aromatic heterocycles. The average Bonchev–Trinajstić information content (AvgIpc) is 2.60. The lowest BCUT2D eigenvalue weighted by atomic mass is 10.1. The highest BCUT2D eigenvalue weighted by Crippen LogP contribution is 2.13. The number of urea groups is 1. The average molecular weight is 327 g/mol. The van der Waals surface area contributed by atoms with Crippen LogP contribution >= 0.6 is 0 Å². The topological polar surface area (TPSA) is 90.5 Å². The van der Waals surface area contributed by atoms with Crippen LogP contribution in [0.2, 0.25) is 0 Å². The Kier molecular flexibility index (Phi) is 5.92. The number of carbonyl (C=O) groups excluding carboxylic acids is 2. The van der Waals surface area contributed by atoms with Gasteiger partial charge in [-0.3, -0.25) is 10.0 Å². The van der Waals surface area contributed by atoms with Gasteiger partial charge in [-0.15, -0.1) is 0 Å². The van der Waals surface area contributed by atoms with Crippen molar-refractivity contribution in [2.75, 3.05) is 0 Å². The van der Waals surface area contributed by atoms with Gasteiger partial charge in [-0.1, -0.05) is 36.4 Å². The van der Waals surface area contributed by atoms with Crippen LogP contribution in [0, 0.1) is 6.92 Å². The summed E-state index contributed by atoms with van der Waals surface area (Å²) in [4.78, 5) is 23.3. The van der Waals surface area contributed by atoms with Crippen molar-refractivity contribution in [3.8, 4) is 0 Å². The second kappa shape index (κ2) is 8.12. The van der Waals surface area contributed by atoms with Crippen LogP contribution in [-0.2, 0) is 6.54 Å². The van der Waals surface area contributed by atoms with Gasteiger partial charge < -0.3 is 10.6 Å². The summed E-state index contributed by atoms with van der Waals surface area (Å²) in [6, 6.07) is 14.0. The lowest BCUT2D eigenvalue weighted by Gasteiger charge is -2.16. The Morgan fingerprint density at radius 2 is 1.75 bits per heavy atom. The Hall–Kier alpha value is -2.86. The standard InChI is InChI=1S/C18H21N3O3/c1-12-5-3-4-6-16(12)11-19-18(23)20-13(2)14-7-9-15(10-8-14)17(22)21-24/h3-10,13,24H,11H2,1-2H3,(H,21,22)(H2,19,20,23). The van der Waals surface area contributed by atoms with Gasteiger partial charge in [0, 0.05) is 12.1 Å². The minimum Gasteiger partial charge on any atom is -0.334 e. The van der Waals surface area contributed by atoms with Gasteiger partial charge in [0.15, 0.2) is 0 Å². The third-order valence-corrected chi connectivity index (χ3v) is 3.82. The van der Waals surface area contributed by atoms with E-state index in [1.54, 1.807) is 29.7 Å². The van der Waals surface area contributed by atoms with Crippen molar-refractivity contribution in [1.29, 1.82) is 0 Å². The first-order chi connectivity index (χ1) is 11.5. The Bertz CT molecular complexity index is 714. The van der Waals surface area contributed by atoms with Crippen molar-refractivity contribution in [2.24, 2.45) is 0 Å². The molecule has 126 valence electrons. The highest BCUT2D eigenvalue weighted by molar-refractivity contribution is 5.93. The normalized spacial score (nSPS) is 11.5. The summed E-state index contributed by atoms with van der Waals surface area (Å²) in [6.45, 7) is 4.32. The molecule has 3 amide bonds. The SMILES string of the molecule is Cc1ccccc1CNC(=O)NC(C)c1ccc(C(=O)NO)cc1. The molecule has 6 nitrogen and oxygen atoms in total. The number of hydrogen-bond acceptors (Lipinski definition) is 3. The minimum absolute atomic E-state index is 0.215. The summed E-state index contributed by atoms with van der Waals surface area (Å²) in [5.74, 6) is -0.571. The number of benzene rings is 2. The van der Waals surface area contributed by atoms with Crippen LogP contribution < -0.4 is 16.1 Å². The lowest BCUT2D eigenvalue weighted by Crippen LogP contribution is -2.36. The van der Waals surface area contributed by atoms with Crippen LogP contribution in [0.4, 0.5) is 4.79 Å². The first-order valence-electron chi connectivity index (χ1n) is 7.64. The van der Waals surface area contributed by atoms with Crippen LogP contribution in [-0.4, -0.2) is 17.1 Å². The molecule has 0 aliphatic carbocycles. The van der Waals surface area contributed by atoms with Gasteiger partial charge in [-0.2, -0.15) is 0 Å². The van der Waals surface area contributed by atoms with Crippen LogP contribution in [0.25, 0.3) is 0 Å². The number of carbonyl (C=O) groups is 2. The molecule has 0 fully saturated rings. The van der Waals surface area contributed by atoms with Crippen molar-refractivity contribution in [3.05, 3.63) is 70.8 Å². The molecule has 24 heavy (non-hydrogen) atoms. The van der Waals surface area contributed by atoms with E-state index in [0.717, 1.165) is 16.7 Å². The second-order valence-electron chi connectivity index (χ2n) is 5.54. The highest BCUT2D eigenvalue weighted by atomic mass is 16.5. The summed E-state index contributed by atoms with van der Waals surface area (Å²) in [5, 5.41) is 14.3. The first kappa shape index (κ1) is 17.5. The summed E-state index contributed by atoms with van der Waals surface area (Å²) < 4.78 is 0. The van der Waals surface area contributed by atoms with Gasteiger partial charge in [0.1, 0.15) is 0 Å². The second-order valence-corrected chi connectivity index (χ2v) is 5.54. The molecule has 0 bridgehead atoms. The Morgan fingerprint density at radius 1 is 1.08 bits per heavy atom. The Morgan fingerprint density at radius 3 is 2.38 bits per heavy atom. The number of rotatable bonds is 5. The van der Waals surface area contributed by atoms with Gasteiger partial charge in [0.2, 0.25) is 0 Å². The molecule has 0 aliphatic rings. The predicted octanol–water partition coefficient (Wildman–Crippen LogP) is 2.67. The quantitative estimate of drug-likeness (QED) is 0.503. The van der Waals surface area contributed by atoms with E-state index in [0.29, 0.717) is 12.1 Å². The molecule has 1 unspecified atom stereocenters. The van der Waals surface area contributed by atoms with E-state index in [4.69, 9.17) is 5.21 Å². The summed E-state index contributed by atoms with van der Waals surface area (Å²) in [6.07, 6.45) is 0. The predicted molar refractivity (Wildman–Crippen MR) is 90.7 cm³/mol. The maximum Gasteiger partial charge on any atom is 0.315 e. The zero-order valence-electron chi connectivity index (χ0n) is 13.7. The molecular weight excluding hydrogens is 306 g/mol. The van der Waals surface area contributed by atoms with E-state index in [-0.39, 0.29) is 12.1 Å². The van der Waals surface area contributed by atoms with E-state index in [1.165, 1.54) is 0 Å². The summed E-state index contributed by atoms with van der Waals surface area (Å²) >= 11 is 0. The number of hydroxylamine groups is 1. The molecule has 0 radical (unpaired) electrons. The smallest absolute Gasteiger partial charge is 0.315 e. The van der Waals surface area contributed by atoms with Crippen molar-refractivity contribution in [3.63, 3.8) is 0 Å².